The maximum atomic E-state index is 4.61. The number of hydrogen-bond donors (Lipinski definition) is 1. The van der Waals surface area contributed by atoms with Crippen molar-refractivity contribution in [2.24, 2.45) is 0 Å². The number of rotatable bonds is 6. The van der Waals surface area contributed by atoms with Crippen molar-refractivity contribution in [1.29, 1.82) is 0 Å². The van der Waals surface area contributed by atoms with Gasteiger partial charge in [-0.3, -0.25) is 0 Å². The Kier molecular flexibility index (Phi) is 4.76. The highest BCUT2D eigenvalue weighted by Crippen LogP contribution is 2.19. The van der Waals surface area contributed by atoms with Gasteiger partial charge in [0, 0.05) is 33.7 Å². The Bertz CT molecular complexity index is 402. The Morgan fingerprint density at radius 1 is 1.21 bits per heavy atom. The molecule has 1 aliphatic heterocycles. The number of nitrogens with one attached hydrogen (secondary N) is 1. The Morgan fingerprint density at radius 3 is 2.58 bits per heavy atom. The highest BCUT2D eigenvalue weighted by Gasteiger charge is 2.18. The summed E-state index contributed by atoms with van der Waals surface area (Å²) in [5.41, 5.74) is 0. The molecular formula is C13H24N6. The smallest absolute Gasteiger partial charge is 0.231 e. The molecule has 0 amide bonds. The van der Waals surface area contributed by atoms with Crippen LogP contribution < -0.4 is 15.1 Å². The average molecular weight is 264 g/mol. The first-order valence-electron chi connectivity index (χ1n) is 7.14. The summed E-state index contributed by atoms with van der Waals surface area (Å²) in [4.78, 5) is 17.8. The topological polar surface area (TPSA) is 57.2 Å². The summed E-state index contributed by atoms with van der Waals surface area (Å²) >= 11 is 0. The van der Waals surface area contributed by atoms with Gasteiger partial charge in [0.1, 0.15) is 0 Å². The first kappa shape index (κ1) is 13.8. The Balaban J connectivity index is 2.19. The van der Waals surface area contributed by atoms with Gasteiger partial charge in [-0.25, -0.2) is 0 Å². The van der Waals surface area contributed by atoms with Gasteiger partial charge < -0.3 is 15.1 Å². The van der Waals surface area contributed by atoms with E-state index in [1.54, 1.807) is 0 Å². The summed E-state index contributed by atoms with van der Waals surface area (Å²) in [6.45, 7) is 5.26. The van der Waals surface area contributed by atoms with Crippen LogP contribution in [-0.2, 0) is 0 Å². The van der Waals surface area contributed by atoms with Crippen molar-refractivity contribution >= 4 is 17.8 Å². The van der Waals surface area contributed by atoms with Crippen LogP contribution in [0.25, 0.3) is 0 Å². The van der Waals surface area contributed by atoms with Crippen LogP contribution >= 0.6 is 0 Å². The van der Waals surface area contributed by atoms with Gasteiger partial charge in [-0.1, -0.05) is 13.3 Å². The van der Waals surface area contributed by atoms with Gasteiger partial charge in [0.05, 0.1) is 0 Å². The van der Waals surface area contributed by atoms with Crippen molar-refractivity contribution in [2.45, 2.75) is 32.6 Å². The van der Waals surface area contributed by atoms with Crippen molar-refractivity contribution in [1.82, 2.24) is 15.0 Å². The second-order valence-corrected chi connectivity index (χ2v) is 4.98. The molecule has 0 saturated carbocycles. The molecule has 6 heteroatoms. The van der Waals surface area contributed by atoms with E-state index in [4.69, 9.17) is 0 Å². The van der Waals surface area contributed by atoms with Crippen molar-refractivity contribution in [2.75, 3.05) is 48.8 Å². The van der Waals surface area contributed by atoms with E-state index in [0.29, 0.717) is 5.95 Å². The summed E-state index contributed by atoms with van der Waals surface area (Å²) < 4.78 is 0. The first-order valence-corrected chi connectivity index (χ1v) is 7.14. The quantitative estimate of drug-likeness (QED) is 0.845. The summed E-state index contributed by atoms with van der Waals surface area (Å²) in [6, 6.07) is 0. The van der Waals surface area contributed by atoms with E-state index in [1.807, 2.05) is 14.1 Å². The van der Waals surface area contributed by atoms with Gasteiger partial charge in [0.15, 0.2) is 0 Å². The normalized spacial score (nSPS) is 14.8. The molecule has 0 atom stereocenters. The average Bonchev–Trinajstić information content (AvgIpc) is 2.98. The van der Waals surface area contributed by atoms with Gasteiger partial charge in [-0.15, -0.1) is 0 Å². The zero-order valence-electron chi connectivity index (χ0n) is 12.2. The van der Waals surface area contributed by atoms with E-state index in [0.717, 1.165) is 38.0 Å². The molecular weight excluding hydrogens is 240 g/mol. The van der Waals surface area contributed by atoms with E-state index in [2.05, 4.69) is 37.0 Å². The van der Waals surface area contributed by atoms with Crippen molar-refractivity contribution < 1.29 is 0 Å². The number of anilines is 3. The van der Waals surface area contributed by atoms with Crippen LogP contribution in [0.5, 0.6) is 0 Å². The van der Waals surface area contributed by atoms with Gasteiger partial charge in [0.2, 0.25) is 17.8 Å². The lowest BCUT2D eigenvalue weighted by Gasteiger charge is -2.21. The van der Waals surface area contributed by atoms with Crippen LogP contribution in [0.4, 0.5) is 17.8 Å². The van der Waals surface area contributed by atoms with E-state index in [-0.39, 0.29) is 0 Å². The van der Waals surface area contributed by atoms with E-state index in [9.17, 15) is 0 Å². The van der Waals surface area contributed by atoms with Gasteiger partial charge in [-0.05, 0) is 19.3 Å². The third-order valence-corrected chi connectivity index (χ3v) is 3.41. The second-order valence-electron chi connectivity index (χ2n) is 4.98. The number of hydrogen-bond acceptors (Lipinski definition) is 6. The summed E-state index contributed by atoms with van der Waals surface area (Å²) in [7, 11) is 3.89. The highest BCUT2D eigenvalue weighted by atomic mass is 15.4. The molecule has 0 spiro atoms. The van der Waals surface area contributed by atoms with E-state index < -0.39 is 0 Å². The molecule has 1 saturated heterocycles. The predicted octanol–water partition coefficient (Wildman–Crippen LogP) is 1.75. The van der Waals surface area contributed by atoms with Crippen molar-refractivity contribution in [3.8, 4) is 0 Å². The molecule has 19 heavy (non-hydrogen) atoms. The fourth-order valence-corrected chi connectivity index (χ4v) is 2.19. The maximum Gasteiger partial charge on any atom is 0.231 e. The zero-order chi connectivity index (χ0) is 13.7. The fourth-order valence-electron chi connectivity index (χ4n) is 2.19. The Labute approximate surface area is 115 Å². The summed E-state index contributed by atoms with van der Waals surface area (Å²) in [5.74, 6) is 2.21. The molecule has 0 aromatic carbocycles. The van der Waals surface area contributed by atoms with Crippen LogP contribution in [-0.4, -0.2) is 48.7 Å². The summed E-state index contributed by atoms with van der Waals surface area (Å²) in [6.07, 6.45) is 4.77. The lowest BCUT2D eigenvalue weighted by molar-refractivity contribution is 0.744. The van der Waals surface area contributed by atoms with Crippen LogP contribution in [0.2, 0.25) is 0 Å². The molecule has 1 N–H and O–H groups in total. The minimum absolute atomic E-state index is 0.648. The number of aromatic nitrogens is 3. The number of unbranched alkanes of at least 4 members (excludes halogenated alkanes) is 1. The molecule has 0 bridgehead atoms. The van der Waals surface area contributed by atoms with Crippen LogP contribution in [0.1, 0.15) is 32.6 Å². The van der Waals surface area contributed by atoms with Crippen molar-refractivity contribution in [3.05, 3.63) is 0 Å². The molecule has 0 unspecified atom stereocenters. The molecule has 1 aromatic heterocycles. The third-order valence-electron chi connectivity index (χ3n) is 3.41. The van der Waals surface area contributed by atoms with Crippen LogP contribution in [0, 0.1) is 0 Å². The van der Waals surface area contributed by atoms with Gasteiger partial charge in [-0.2, -0.15) is 15.0 Å². The molecule has 2 rings (SSSR count). The number of nitrogens with zero attached hydrogens (tertiary/aromatic N) is 5. The fraction of sp³-hybridized carbons (Fsp3) is 0.769. The van der Waals surface area contributed by atoms with Gasteiger partial charge >= 0.3 is 0 Å². The SMILES string of the molecule is CCCCN(C)c1nc(NC)nc(N2CCCC2)n1. The van der Waals surface area contributed by atoms with Gasteiger partial charge in [0.25, 0.3) is 0 Å². The molecule has 106 valence electrons. The maximum absolute atomic E-state index is 4.61. The van der Waals surface area contributed by atoms with Crippen LogP contribution in [0.3, 0.4) is 0 Å². The Morgan fingerprint density at radius 2 is 1.95 bits per heavy atom. The molecule has 1 aliphatic rings. The second kappa shape index (κ2) is 6.54. The highest BCUT2D eigenvalue weighted by molar-refractivity contribution is 5.45. The van der Waals surface area contributed by atoms with Crippen molar-refractivity contribution in [3.63, 3.8) is 0 Å². The van der Waals surface area contributed by atoms with E-state index in [1.165, 1.54) is 19.3 Å². The molecule has 6 nitrogen and oxygen atoms in total. The Hall–Kier alpha value is -1.59. The monoisotopic (exact) mass is 264 g/mol. The molecule has 2 heterocycles. The molecule has 0 aliphatic carbocycles. The largest absolute Gasteiger partial charge is 0.357 e. The lowest BCUT2D eigenvalue weighted by Crippen LogP contribution is -2.26. The predicted molar refractivity (Wildman–Crippen MR) is 79.0 cm³/mol. The summed E-state index contributed by atoms with van der Waals surface area (Å²) in [5, 5.41) is 3.03. The molecule has 1 fully saturated rings. The minimum atomic E-state index is 0.648. The molecule has 1 aromatic rings. The third kappa shape index (κ3) is 3.45. The first-order chi connectivity index (χ1) is 9.24. The molecule has 0 radical (unpaired) electrons. The van der Waals surface area contributed by atoms with E-state index >= 15 is 0 Å². The lowest BCUT2D eigenvalue weighted by atomic mass is 10.3. The standard InChI is InChI=1S/C13H24N6/c1-4-5-8-18(3)12-15-11(14-2)16-13(17-12)19-9-6-7-10-19/h4-10H2,1-3H3,(H,14,15,16,17). The zero-order valence-corrected chi connectivity index (χ0v) is 12.2. The minimum Gasteiger partial charge on any atom is -0.357 e. The van der Waals surface area contributed by atoms with Crippen LogP contribution in [0.15, 0.2) is 0 Å².